The number of aromatic nitrogens is 3. The van der Waals surface area contributed by atoms with Crippen LogP contribution < -0.4 is 5.32 Å². The van der Waals surface area contributed by atoms with Gasteiger partial charge in [0.25, 0.3) is 5.91 Å². The van der Waals surface area contributed by atoms with Crippen LogP contribution in [-0.2, 0) is 10.9 Å². The molecule has 3 aromatic rings. The molecular formula is C18H16F4N4O2. The Morgan fingerprint density at radius 1 is 1.21 bits per heavy atom. The number of nitrogens with one attached hydrogen (secondary N) is 1. The standard InChI is InChI=1S/C18H16F4N4O2/c1-28-8-2-7-23-17(27)14-10-16-24-13(11-3-5-12(19)6-4-11)9-15(18(20,21)22)26(16)25-14/h3-6,9-10H,2,7-8H2,1H3,(H,23,27). The predicted octanol–water partition coefficient (Wildman–Crippen LogP) is 3.32. The van der Waals surface area contributed by atoms with Crippen molar-refractivity contribution in [2.75, 3.05) is 20.3 Å². The maximum Gasteiger partial charge on any atom is 0.433 e. The Morgan fingerprint density at radius 2 is 1.93 bits per heavy atom. The summed E-state index contributed by atoms with van der Waals surface area (Å²) in [5, 5.41) is 6.32. The number of hydrogen-bond donors (Lipinski definition) is 1. The van der Waals surface area contributed by atoms with Gasteiger partial charge in [0.15, 0.2) is 17.0 Å². The molecule has 0 aliphatic carbocycles. The Morgan fingerprint density at radius 3 is 2.57 bits per heavy atom. The van der Waals surface area contributed by atoms with Crippen LogP contribution in [0, 0.1) is 5.82 Å². The molecule has 6 nitrogen and oxygen atoms in total. The van der Waals surface area contributed by atoms with Crippen molar-refractivity contribution in [3.05, 3.63) is 53.6 Å². The smallest absolute Gasteiger partial charge is 0.385 e. The first-order valence-corrected chi connectivity index (χ1v) is 8.30. The fourth-order valence-corrected chi connectivity index (χ4v) is 2.56. The average molecular weight is 396 g/mol. The van der Waals surface area contributed by atoms with Crippen LogP contribution in [0.3, 0.4) is 0 Å². The lowest BCUT2D eigenvalue weighted by atomic mass is 10.1. The first-order valence-electron chi connectivity index (χ1n) is 8.30. The van der Waals surface area contributed by atoms with Crippen molar-refractivity contribution in [2.24, 2.45) is 0 Å². The van der Waals surface area contributed by atoms with Crippen LogP contribution in [0.5, 0.6) is 0 Å². The van der Waals surface area contributed by atoms with Gasteiger partial charge in [-0.2, -0.15) is 18.3 Å². The molecule has 0 fully saturated rings. The van der Waals surface area contributed by atoms with Crippen LogP contribution in [0.1, 0.15) is 22.6 Å². The highest BCUT2D eigenvalue weighted by Crippen LogP contribution is 2.32. The topological polar surface area (TPSA) is 68.5 Å². The van der Waals surface area contributed by atoms with E-state index in [0.29, 0.717) is 29.7 Å². The summed E-state index contributed by atoms with van der Waals surface area (Å²) in [6.07, 6.45) is -4.18. The summed E-state index contributed by atoms with van der Waals surface area (Å²) in [5.74, 6) is -1.13. The Labute approximate surface area is 157 Å². The van der Waals surface area contributed by atoms with E-state index in [0.717, 1.165) is 18.2 Å². The van der Waals surface area contributed by atoms with Gasteiger partial charge in [-0.1, -0.05) is 0 Å². The Hall–Kier alpha value is -3.01. The normalized spacial score (nSPS) is 11.8. The van der Waals surface area contributed by atoms with E-state index < -0.39 is 23.6 Å². The molecule has 0 bridgehead atoms. The molecule has 1 amide bonds. The van der Waals surface area contributed by atoms with E-state index in [9.17, 15) is 22.4 Å². The third-order valence-electron chi connectivity index (χ3n) is 3.90. The first kappa shape index (κ1) is 19.7. The highest BCUT2D eigenvalue weighted by molar-refractivity contribution is 5.93. The summed E-state index contributed by atoms with van der Waals surface area (Å²) in [5.41, 5.74) is -1.12. The number of fused-ring (bicyclic) bond motifs is 1. The molecule has 1 aromatic carbocycles. The highest BCUT2D eigenvalue weighted by atomic mass is 19.4. The van der Waals surface area contributed by atoms with Crippen molar-refractivity contribution in [1.82, 2.24) is 19.9 Å². The molecule has 0 spiro atoms. The van der Waals surface area contributed by atoms with Crippen LogP contribution in [0.4, 0.5) is 17.6 Å². The largest absolute Gasteiger partial charge is 0.433 e. The van der Waals surface area contributed by atoms with Gasteiger partial charge in [-0.3, -0.25) is 4.79 Å². The highest BCUT2D eigenvalue weighted by Gasteiger charge is 2.35. The van der Waals surface area contributed by atoms with Crippen molar-refractivity contribution < 1.29 is 27.1 Å². The van der Waals surface area contributed by atoms with Crippen molar-refractivity contribution in [3.8, 4) is 11.3 Å². The van der Waals surface area contributed by atoms with E-state index in [4.69, 9.17) is 4.74 Å². The second kappa shape index (κ2) is 7.93. The second-order valence-electron chi connectivity index (χ2n) is 5.93. The molecule has 28 heavy (non-hydrogen) atoms. The van der Waals surface area contributed by atoms with E-state index in [-0.39, 0.29) is 17.0 Å². The van der Waals surface area contributed by atoms with E-state index in [1.54, 1.807) is 0 Å². The summed E-state index contributed by atoms with van der Waals surface area (Å²) >= 11 is 0. The molecule has 2 heterocycles. The molecule has 0 saturated carbocycles. The van der Waals surface area contributed by atoms with Crippen LogP contribution in [0.2, 0.25) is 0 Å². The zero-order chi connectivity index (χ0) is 20.3. The third-order valence-corrected chi connectivity index (χ3v) is 3.90. The molecule has 0 atom stereocenters. The van der Waals surface area contributed by atoms with E-state index in [2.05, 4.69) is 15.4 Å². The molecule has 148 valence electrons. The Bertz CT molecular complexity index is 984. The predicted molar refractivity (Wildman–Crippen MR) is 92.2 cm³/mol. The zero-order valence-corrected chi connectivity index (χ0v) is 14.8. The molecule has 10 heteroatoms. The SMILES string of the molecule is COCCCNC(=O)c1cc2nc(-c3ccc(F)cc3)cc(C(F)(F)F)n2n1. The third kappa shape index (κ3) is 4.28. The molecule has 0 aliphatic heterocycles. The summed E-state index contributed by atoms with van der Waals surface area (Å²) in [7, 11) is 1.52. The van der Waals surface area contributed by atoms with Crippen molar-refractivity contribution >= 4 is 11.6 Å². The number of alkyl halides is 3. The Balaban J connectivity index is 2.00. The van der Waals surface area contributed by atoms with Gasteiger partial charge in [-0.15, -0.1) is 0 Å². The fraction of sp³-hybridized carbons (Fsp3) is 0.278. The summed E-state index contributed by atoms with van der Waals surface area (Å²) in [6, 6.07) is 6.90. The van der Waals surface area contributed by atoms with Gasteiger partial charge < -0.3 is 10.1 Å². The van der Waals surface area contributed by atoms with Crippen LogP contribution in [0.25, 0.3) is 16.9 Å². The van der Waals surface area contributed by atoms with E-state index in [1.807, 2.05) is 0 Å². The number of benzene rings is 1. The van der Waals surface area contributed by atoms with Gasteiger partial charge in [0.1, 0.15) is 5.82 Å². The molecule has 1 N–H and O–H groups in total. The lowest BCUT2D eigenvalue weighted by Gasteiger charge is -2.11. The number of hydrogen-bond acceptors (Lipinski definition) is 4. The maximum atomic E-state index is 13.5. The number of carbonyl (C=O) groups excluding carboxylic acids is 1. The summed E-state index contributed by atoms with van der Waals surface area (Å²) in [6.45, 7) is 0.729. The lowest BCUT2D eigenvalue weighted by Crippen LogP contribution is -2.25. The monoisotopic (exact) mass is 396 g/mol. The summed E-state index contributed by atoms with van der Waals surface area (Å²) in [4.78, 5) is 16.3. The Kier molecular flexibility index (Phi) is 5.59. The van der Waals surface area contributed by atoms with Gasteiger partial charge in [-0.05, 0) is 36.8 Å². The second-order valence-corrected chi connectivity index (χ2v) is 5.93. The van der Waals surface area contributed by atoms with Crippen molar-refractivity contribution in [1.29, 1.82) is 0 Å². The fourth-order valence-electron chi connectivity index (χ4n) is 2.56. The number of carbonyl (C=O) groups is 1. The minimum absolute atomic E-state index is 0.00761. The zero-order valence-electron chi connectivity index (χ0n) is 14.8. The molecule has 0 saturated heterocycles. The van der Waals surface area contributed by atoms with Gasteiger partial charge in [0.05, 0.1) is 5.69 Å². The maximum absolute atomic E-state index is 13.5. The van der Waals surface area contributed by atoms with Gasteiger partial charge in [0, 0.05) is 31.9 Å². The quantitative estimate of drug-likeness (QED) is 0.513. The van der Waals surface area contributed by atoms with E-state index >= 15 is 0 Å². The molecule has 3 rings (SSSR count). The van der Waals surface area contributed by atoms with E-state index in [1.165, 1.54) is 25.3 Å². The van der Waals surface area contributed by atoms with Crippen molar-refractivity contribution in [3.63, 3.8) is 0 Å². The van der Waals surface area contributed by atoms with Gasteiger partial charge >= 0.3 is 6.18 Å². The molecule has 0 aliphatic rings. The number of ether oxygens (including phenoxy) is 1. The minimum atomic E-state index is -4.73. The number of amides is 1. The number of methoxy groups -OCH3 is 1. The molecule has 0 unspecified atom stereocenters. The van der Waals surface area contributed by atoms with Crippen LogP contribution >= 0.6 is 0 Å². The average Bonchev–Trinajstić information content (AvgIpc) is 3.08. The number of rotatable bonds is 6. The molecule has 0 radical (unpaired) electrons. The summed E-state index contributed by atoms with van der Waals surface area (Å²) < 4.78 is 59.1. The van der Waals surface area contributed by atoms with Gasteiger partial charge in [0.2, 0.25) is 0 Å². The van der Waals surface area contributed by atoms with Gasteiger partial charge in [-0.25, -0.2) is 13.9 Å². The molecular weight excluding hydrogens is 380 g/mol. The molecule has 2 aromatic heterocycles. The minimum Gasteiger partial charge on any atom is -0.385 e. The first-order chi connectivity index (χ1) is 13.3. The number of halogens is 4. The van der Waals surface area contributed by atoms with Crippen molar-refractivity contribution in [2.45, 2.75) is 12.6 Å². The lowest BCUT2D eigenvalue weighted by molar-refractivity contribution is -0.142. The number of nitrogens with zero attached hydrogens (tertiary/aromatic N) is 3. The van der Waals surface area contributed by atoms with Crippen LogP contribution in [-0.4, -0.2) is 40.8 Å². The van der Waals surface area contributed by atoms with Crippen LogP contribution in [0.15, 0.2) is 36.4 Å².